The Bertz CT molecular complexity index is 870. The normalized spacial score (nSPS) is 16.1. The lowest BCUT2D eigenvalue weighted by atomic mass is 10.2. The minimum absolute atomic E-state index is 0. The summed E-state index contributed by atoms with van der Waals surface area (Å²) in [7, 11) is -1.77. The third kappa shape index (κ3) is 7.19. The molecular formula is C20H30IN5O2S2. The smallest absolute Gasteiger partial charge is 0.240 e. The summed E-state index contributed by atoms with van der Waals surface area (Å²) in [6.45, 7) is 3.72. The molecular weight excluding hydrogens is 533 g/mol. The van der Waals surface area contributed by atoms with Crippen LogP contribution in [0.5, 0.6) is 0 Å². The summed E-state index contributed by atoms with van der Waals surface area (Å²) in [4.78, 5) is 8.40. The molecule has 1 atom stereocenters. The Morgan fingerprint density at radius 1 is 1.10 bits per heavy atom. The Morgan fingerprint density at radius 2 is 1.83 bits per heavy atom. The highest BCUT2D eigenvalue weighted by atomic mass is 127. The number of halogens is 1. The quantitative estimate of drug-likeness (QED) is 0.189. The number of thiophene rings is 1. The van der Waals surface area contributed by atoms with Crippen LogP contribution in [0.1, 0.15) is 23.8 Å². The fourth-order valence-corrected chi connectivity index (χ4v) is 5.32. The summed E-state index contributed by atoms with van der Waals surface area (Å²) in [5.41, 5.74) is 0. The first-order valence-electron chi connectivity index (χ1n) is 9.87. The first-order valence-corrected chi connectivity index (χ1v) is 12.2. The fraction of sp³-hybridized carbons (Fsp3) is 0.450. The lowest BCUT2D eigenvalue weighted by Gasteiger charge is -2.27. The summed E-state index contributed by atoms with van der Waals surface area (Å²) in [5.74, 6) is 0.671. The van der Waals surface area contributed by atoms with Crippen molar-refractivity contribution in [3.05, 3.63) is 52.7 Å². The Morgan fingerprint density at radius 3 is 2.47 bits per heavy atom. The lowest BCUT2D eigenvalue weighted by molar-refractivity contribution is 0.249. The lowest BCUT2D eigenvalue weighted by Crippen LogP contribution is -2.44. The van der Waals surface area contributed by atoms with E-state index in [2.05, 4.69) is 42.8 Å². The number of benzene rings is 1. The number of hydrogen-bond donors (Lipinski definition) is 3. The Kier molecular flexibility index (Phi) is 10.5. The molecule has 0 saturated carbocycles. The van der Waals surface area contributed by atoms with Gasteiger partial charge in [-0.05, 0) is 49.5 Å². The molecule has 1 aromatic heterocycles. The van der Waals surface area contributed by atoms with Gasteiger partial charge in [0.2, 0.25) is 10.0 Å². The first-order chi connectivity index (χ1) is 14.1. The van der Waals surface area contributed by atoms with Gasteiger partial charge in [0.25, 0.3) is 0 Å². The van der Waals surface area contributed by atoms with E-state index in [0.717, 1.165) is 19.6 Å². The molecule has 2 heterocycles. The van der Waals surface area contributed by atoms with E-state index in [4.69, 9.17) is 0 Å². The van der Waals surface area contributed by atoms with Crippen LogP contribution in [0, 0.1) is 0 Å². The highest BCUT2D eigenvalue weighted by Gasteiger charge is 2.24. The molecule has 1 aliphatic heterocycles. The predicted molar refractivity (Wildman–Crippen MR) is 134 cm³/mol. The molecule has 2 aromatic rings. The van der Waals surface area contributed by atoms with Crippen LogP contribution in [0.15, 0.2) is 57.7 Å². The zero-order chi connectivity index (χ0) is 20.5. The molecule has 1 aromatic carbocycles. The number of sulfonamides is 1. The predicted octanol–water partition coefficient (Wildman–Crippen LogP) is 2.65. The van der Waals surface area contributed by atoms with E-state index in [9.17, 15) is 8.42 Å². The molecule has 1 fully saturated rings. The summed E-state index contributed by atoms with van der Waals surface area (Å²) in [6.07, 6.45) is 2.49. The third-order valence-corrected chi connectivity index (χ3v) is 7.35. The van der Waals surface area contributed by atoms with Crippen LogP contribution >= 0.6 is 35.3 Å². The van der Waals surface area contributed by atoms with Gasteiger partial charge in [-0.1, -0.05) is 24.3 Å². The maximum Gasteiger partial charge on any atom is 0.240 e. The van der Waals surface area contributed by atoms with Crippen molar-refractivity contribution in [1.29, 1.82) is 0 Å². The molecule has 7 nitrogen and oxygen atoms in total. The second kappa shape index (κ2) is 12.6. The van der Waals surface area contributed by atoms with Crippen molar-refractivity contribution in [2.24, 2.45) is 4.99 Å². The van der Waals surface area contributed by atoms with Crippen molar-refractivity contribution >= 4 is 51.3 Å². The Balaban J connectivity index is 0.00000320. The SMILES string of the molecule is CN=C(NCCNS(=O)(=O)c1ccccc1)NCC(c1cccs1)N1CCCC1.I. The van der Waals surface area contributed by atoms with Gasteiger partial charge in [-0.2, -0.15) is 0 Å². The Hall–Kier alpha value is -1.21. The van der Waals surface area contributed by atoms with Crippen LogP contribution in [0.25, 0.3) is 0 Å². The van der Waals surface area contributed by atoms with E-state index < -0.39 is 10.0 Å². The van der Waals surface area contributed by atoms with Gasteiger partial charge in [-0.25, -0.2) is 13.1 Å². The van der Waals surface area contributed by atoms with Crippen molar-refractivity contribution in [3.8, 4) is 0 Å². The van der Waals surface area contributed by atoms with Gasteiger partial charge in [0.05, 0.1) is 10.9 Å². The monoisotopic (exact) mass is 563 g/mol. The van der Waals surface area contributed by atoms with Crippen LogP contribution < -0.4 is 15.4 Å². The molecule has 166 valence electrons. The van der Waals surface area contributed by atoms with Crippen molar-refractivity contribution < 1.29 is 8.42 Å². The molecule has 0 bridgehead atoms. The molecule has 1 unspecified atom stereocenters. The van der Waals surface area contributed by atoms with Gasteiger partial charge in [0.15, 0.2) is 5.96 Å². The van der Waals surface area contributed by atoms with Crippen molar-refractivity contribution in [1.82, 2.24) is 20.3 Å². The molecule has 30 heavy (non-hydrogen) atoms. The van der Waals surface area contributed by atoms with Crippen molar-refractivity contribution in [2.45, 2.75) is 23.8 Å². The van der Waals surface area contributed by atoms with Crippen molar-refractivity contribution in [3.63, 3.8) is 0 Å². The van der Waals surface area contributed by atoms with E-state index in [-0.39, 0.29) is 35.4 Å². The molecule has 0 radical (unpaired) electrons. The molecule has 3 rings (SSSR count). The van der Waals surface area contributed by atoms with E-state index in [1.165, 1.54) is 17.7 Å². The molecule has 0 amide bonds. The van der Waals surface area contributed by atoms with E-state index in [0.29, 0.717) is 18.5 Å². The average molecular weight is 564 g/mol. The third-order valence-electron chi connectivity index (χ3n) is 4.90. The maximum absolute atomic E-state index is 12.3. The number of aliphatic imine (C=N–C) groups is 1. The fourth-order valence-electron chi connectivity index (χ4n) is 3.41. The zero-order valence-electron chi connectivity index (χ0n) is 17.1. The number of hydrogen-bond acceptors (Lipinski definition) is 5. The number of nitrogens with zero attached hydrogens (tertiary/aromatic N) is 2. The van der Waals surface area contributed by atoms with E-state index in [1.807, 2.05) is 0 Å². The number of rotatable bonds is 9. The van der Waals surface area contributed by atoms with Gasteiger partial charge in [-0.15, -0.1) is 35.3 Å². The molecule has 1 aliphatic rings. The minimum Gasteiger partial charge on any atom is -0.355 e. The van der Waals surface area contributed by atoms with Gasteiger partial charge in [-0.3, -0.25) is 9.89 Å². The van der Waals surface area contributed by atoms with Crippen molar-refractivity contribution in [2.75, 3.05) is 39.8 Å². The molecule has 10 heteroatoms. The summed E-state index contributed by atoms with van der Waals surface area (Å²) >= 11 is 1.78. The largest absolute Gasteiger partial charge is 0.355 e. The van der Waals surface area contributed by atoms with Crippen LogP contribution in [0.3, 0.4) is 0 Å². The maximum atomic E-state index is 12.3. The molecule has 0 spiro atoms. The summed E-state index contributed by atoms with van der Waals surface area (Å²) < 4.78 is 27.1. The molecule has 3 N–H and O–H groups in total. The minimum atomic E-state index is -3.49. The van der Waals surface area contributed by atoms with Gasteiger partial charge >= 0.3 is 0 Å². The van der Waals surface area contributed by atoms with Gasteiger partial charge in [0.1, 0.15) is 0 Å². The standard InChI is InChI=1S/C20H29N5O2S2.HI/c1-21-20(22-11-12-24-29(26,27)17-8-3-2-4-9-17)23-16-18(19-10-7-15-28-19)25-13-5-6-14-25;/h2-4,7-10,15,18,24H,5-6,11-14,16H2,1H3,(H2,21,22,23);1H. The number of nitrogens with one attached hydrogen (secondary N) is 3. The van der Waals surface area contributed by atoms with Crippen LogP contribution in [-0.4, -0.2) is 59.0 Å². The Labute approximate surface area is 200 Å². The molecule has 0 aliphatic carbocycles. The van der Waals surface area contributed by atoms with Gasteiger partial charge in [0, 0.05) is 31.6 Å². The zero-order valence-corrected chi connectivity index (χ0v) is 21.0. The van der Waals surface area contributed by atoms with Gasteiger partial charge < -0.3 is 10.6 Å². The topological polar surface area (TPSA) is 85.8 Å². The molecule has 1 saturated heterocycles. The highest BCUT2D eigenvalue weighted by Crippen LogP contribution is 2.27. The van der Waals surface area contributed by atoms with Crippen LogP contribution in [0.2, 0.25) is 0 Å². The average Bonchev–Trinajstić information content (AvgIpc) is 3.45. The first kappa shape index (κ1) is 25.1. The summed E-state index contributed by atoms with van der Waals surface area (Å²) in [5, 5.41) is 8.69. The summed E-state index contributed by atoms with van der Waals surface area (Å²) in [6, 6.07) is 13.0. The second-order valence-electron chi connectivity index (χ2n) is 6.87. The highest BCUT2D eigenvalue weighted by molar-refractivity contribution is 14.0. The van der Waals surface area contributed by atoms with E-state index in [1.54, 1.807) is 48.7 Å². The number of likely N-dealkylation sites (tertiary alicyclic amines) is 1. The number of guanidine groups is 1. The van der Waals surface area contributed by atoms with E-state index >= 15 is 0 Å². The van der Waals surface area contributed by atoms with Crippen LogP contribution in [-0.2, 0) is 10.0 Å². The second-order valence-corrected chi connectivity index (χ2v) is 9.61. The van der Waals surface area contributed by atoms with Crippen LogP contribution in [0.4, 0.5) is 0 Å².